The summed E-state index contributed by atoms with van der Waals surface area (Å²) in [6, 6.07) is 13.9. The van der Waals surface area contributed by atoms with Crippen LogP contribution in [0, 0.1) is 0 Å². The molecule has 5 heteroatoms. The molecule has 2 rings (SSSR count). The number of methoxy groups -OCH3 is 2. The summed E-state index contributed by atoms with van der Waals surface area (Å²) >= 11 is 12.6. The Balaban J connectivity index is 2.13. The number of benzene rings is 2. The molecule has 116 valence electrons. The van der Waals surface area contributed by atoms with Crippen LogP contribution in [-0.4, -0.2) is 25.4 Å². The fourth-order valence-corrected chi connectivity index (χ4v) is 2.54. The van der Waals surface area contributed by atoms with Crippen LogP contribution >= 0.6 is 23.2 Å². The normalized spacial score (nSPS) is 13.3. The van der Waals surface area contributed by atoms with Crippen LogP contribution in [0.25, 0.3) is 0 Å². The molecule has 2 atom stereocenters. The molecule has 0 spiro atoms. The van der Waals surface area contributed by atoms with Crippen LogP contribution in [0.3, 0.4) is 0 Å². The van der Waals surface area contributed by atoms with Crippen molar-refractivity contribution in [3.8, 4) is 11.5 Å². The minimum absolute atomic E-state index is 0.222. The first-order valence-corrected chi connectivity index (χ1v) is 7.54. The molecule has 0 radical (unpaired) electrons. The van der Waals surface area contributed by atoms with Gasteiger partial charge in [-0.3, -0.25) is 4.79 Å². The van der Waals surface area contributed by atoms with Gasteiger partial charge in [0.15, 0.2) is 5.78 Å². The van der Waals surface area contributed by atoms with Crippen molar-refractivity contribution in [2.24, 2.45) is 0 Å². The maximum absolute atomic E-state index is 12.4. The third kappa shape index (κ3) is 3.73. The van der Waals surface area contributed by atoms with Crippen LogP contribution < -0.4 is 9.47 Å². The van der Waals surface area contributed by atoms with Crippen LogP contribution in [0.5, 0.6) is 11.5 Å². The van der Waals surface area contributed by atoms with Gasteiger partial charge >= 0.3 is 0 Å². The highest BCUT2D eigenvalue weighted by molar-refractivity contribution is 6.39. The molecule has 0 amide bonds. The van der Waals surface area contributed by atoms with Gasteiger partial charge in [0.05, 0.1) is 19.6 Å². The van der Waals surface area contributed by atoms with Gasteiger partial charge < -0.3 is 9.47 Å². The summed E-state index contributed by atoms with van der Waals surface area (Å²) in [5.41, 5.74) is 1.27. The third-order valence-corrected chi connectivity index (χ3v) is 4.40. The van der Waals surface area contributed by atoms with Crippen LogP contribution in [-0.2, 0) is 0 Å². The number of alkyl halides is 2. The lowest BCUT2D eigenvalue weighted by atomic mass is 10.0. The Morgan fingerprint density at radius 1 is 0.864 bits per heavy atom. The average Bonchev–Trinajstić information content (AvgIpc) is 2.60. The highest BCUT2D eigenvalue weighted by atomic mass is 35.5. The predicted octanol–water partition coefficient (Wildman–Crippen LogP) is 4.47. The molecule has 0 fully saturated rings. The number of hydrogen-bond donors (Lipinski definition) is 0. The zero-order valence-corrected chi connectivity index (χ0v) is 13.8. The molecule has 0 N–H and O–H groups in total. The van der Waals surface area contributed by atoms with Crippen LogP contribution in [0.1, 0.15) is 21.3 Å². The van der Waals surface area contributed by atoms with Crippen molar-refractivity contribution in [3.05, 3.63) is 59.7 Å². The van der Waals surface area contributed by atoms with Crippen LogP contribution in [0.15, 0.2) is 48.5 Å². The summed E-state index contributed by atoms with van der Waals surface area (Å²) in [6.45, 7) is 0. The van der Waals surface area contributed by atoms with Gasteiger partial charge in [0, 0.05) is 5.56 Å². The summed E-state index contributed by atoms with van der Waals surface area (Å²) < 4.78 is 10.2. The fraction of sp³-hybridized carbons (Fsp3) is 0.235. The minimum atomic E-state index is -0.858. The largest absolute Gasteiger partial charge is 0.497 e. The summed E-state index contributed by atoms with van der Waals surface area (Å²) in [5, 5.41) is -1.48. The summed E-state index contributed by atoms with van der Waals surface area (Å²) in [6.07, 6.45) is 0. The summed E-state index contributed by atoms with van der Waals surface area (Å²) in [5.74, 6) is 1.18. The molecule has 0 aliphatic rings. The lowest BCUT2D eigenvalue weighted by Crippen LogP contribution is -2.20. The van der Waals surface area contributed by atoms with E-state index in [2.05, 4.69) is 0 Å². The highest BCUT2D eigenvalue weighted by Crippen LogP contribution is 2.31. The SMILES string of the molecule is COc1ccc(C(=O)C(Cl)C(Cl)c2ccc(OC)cc2)cc1. The van der Waals surface area contributed by atoms with Crippen molar-refractivity contribution < 1.29 is 14.3 Å². The third-order valence-electron chi connectivity index (χ3n) is 3.32. The number of ketones is 1. The number of carbonyl (C=O) groups is 1. The smallest absolute Gasteiger partial charge is 0.182 e. The van der Waals surface area contributed by atoms with Gasteiger partial charge in [0.2, 0.25) is 0 Å². The van der Waals surface area contributed by atoms with Gasteiger partial charge in [-0.2, -0.15) is 0 Å². The van der Waals surface area contributed by atoms with E-state index in [1.165, 1.54) is 0 Å². The average molecular weight is 339 g/mol. The first kappa shape index (κ1) is 16.7. The van der Waals surface area contributed by atoms with E-state index in [0.29, 0.717) is 11.3 Å². The maximum Gasteiger partial charge on any atom is 0.182 e. The number of hydrogen-bond acceptors (Lipinski definition) is 3. The quantitative estimate of drug-likeness (QED) is 0.575. The first-order valence-electron chi connectivity index (χ1n) is 6.67. The molecule has 0 saturated heterocycles. The van der Waals surface area contributed by atoms with Crippen molar-refractivity contribution in [1.29, 1.82) is 0 Å². The second-order valence-corrected chi connectivity index (χ2v) is 5.61. The lowest BCUT2D eigenvalue weighted by molar-refractivity contribution is 0.0985. The maximum atomic E-state index is 12.4. The summed E-state index contributed by atoms with van der Waals surface area (Å²) in [4.78, 5) is 12.4. The standard InChI is InChI=1S/C17H16Cl2O3/c1-21-13-7-3-11(4-8-13)15(18)16(19)17(20)12-5-9-14(22-2)10-6-12/h3-10,15-16H,1-2H3. The number of Topliss-reactive ketones (excluding diaryl/α,β-unsaturated/α-hetero) is 1. The number of ether oxygens (including phenoxy) is 2. The lowest BCUT2D eigenvalue weighted by Gasteiger charge is -2.16. The van der Waals surface area contributed by atoms with Crippen molar-refractivity contribution in [2.45, 2.75) is 10.8 Å². The molecule has 0 aliphatic carbocycles. The first-order chi connectivity index (χ1) is 10.6. The van der Waals surface area contributed by atoms with Gasteiger partial charge in [-0.15, -0.1) is 23.2 Å². The van der Waals surface area contributed by atoms with Gasteiger partial charge in [-0.1, -0.05) is 12.1 Å². The van der Waals surface area contributed by atoms with Crippen molar-refractivity contribution in [3.63, 3.8) is 0 Å². The second-order valence-electron chi connectivity index (χ2n) is 4.67. The minimum Gasteiger partial charge on any atom is -0.497 e. The Morgan fingerprint density at radius 3 is 1.77 bits per heavy atom. The van der Waals surface area contributed by atoms with E-state index >= 15 is 0 Å². The van der Waals surface area contributed by atoms with Crippen LogP contribution in [0.4, 0.5) is 0 Å². The van der Waals surface area contributed by atoms with E-state index in [4.69, 9.17) is 32.7 Å². The van der Waals surface area contributed by atoms with Crippen molar-refractivity contribution in [1.82, 2.24) is 0 Å². The topological polar surface area (TPSA) is 35.5 Å². The predicted molar refractivity (Wildman–Crippen MR) is 88.6 cm³/mol. The molecule has 0 bridgehead atoms. The Bertz CT molecular complexity index is 623. The molecule has 0 saturated carbocycles. The number of carbonyl (C=O) groups excluding carboxylic acids is 1. The molecular formula is C17H16Cl2O3. The second kappa shape index (κ2) is 7.52. The zero-order valence-electron chi connectivity index (χ0n) is 12.3. The monoisotopic (exact) mass is 338 g/mol. The molecule has 0 aliphatic heterocycles. The van der Waals surface area contributed by atoms with E-state index in [9.17, 15) is 4.79 Å². The van der Waals surface area contributed by atoms with Gasteiger partial charge in [0.1, 0.15) is 16.9 Å². The summed E-state index contributed by atoms with van der Waals surface area (Å²) in [7, 11) is 3.16. The molecule has 2 unspecified atom stereocenters. The Morgan fingerprint density at radius 2 is 1.32 bits per heavy atom. The van der Waals surface area contributed by atoms with E-state index in [1.54, 1.807) is 62.8 Å². The van der Waals surface area contributed by atoms with E-state index in [1.807, 2.05) is 0 Å². The fourth-order valence-electron chi connectivity index (χ4n) is 2.00. The molecule has 0 aromatic heterocycles. The van der Waals surface area contributed by atoms with Gasteiger partial charge in [-0.25, -0.2) is 0 Å². The molecule has 2 aromatic carbocycles. The number of rotatable bonds is 6. The molecule has 22 heavy (non-hydrogen) atoms. The van der Waals surface area contributed by atoms with E-state index < -0.39 is 10.8 Å². The highest BCUT2D eigenvalue weighted by Gasteiger charge is 2.27. The Labute approximate surface area is 139 Å². The van der Waals surface area contributed by atoms with Gasteiger partial charge in [0.25, 0.3) is 0 Å². The number of halogens is 2. The Hall–Kier alpha value is -1.71. The van der Waals surface area contributed by atoms with Crippen molar-refractivity contribution >= 4 is 29.0 Å². The van der Waals surface area contributed by atoms with Crippen LogP contribution in [0.2, 0.25) is 0 Å². The van der Waals surface area contributed by atoms with E-state index in [0.717, 1.165) is 11.3 Å². The van der Waals surface area contributed by atoms with Crippen molar-refractivity contribution in [2.75, 3.05) is 14.2 Å². The molecular weight excluding hydrogens is 323 g/mol. The zero-order chi connectivity index (χ0) is 16.1. The molecule has 0 heterocycles. The van der Waals surface area contributed by atoms with E-state index in [-0.39, 0.29) is 5.78 Å². The molecule has 2 aromatic rings. The Kier molecular flexibility index (Phi) is 5.69. The van der Waals surface area contributed by atoms with Gasteiger partial charge in [-0.05, 0) is 42.0 Å². The molecule has 3 nitrogen and oxygen atoms in total.